The highest BCUT2D eigenvalue weighted by molar-refractivity contribution is 6.31. The lowest BCUT2D eigenvalue weighted by Gasteiger charge is -2.14. The van der Waals surface area contributed by atoms with Crippen LogP contribution in [0.2, 0.25) is 5.02 Å². The molecule has 1 amide bonds. The van der Waals surface area contributed by atoms with Crippen LogP contribution >= 0.6 is 11.6 Å². The zero-order valence-electron chi connectivity index (χ0n) is 10.3. The molecule has 0 aromatic heterocycles. The fraction of sp³-hybridized carbons (Fsp3) is 0.364. The van der Waals surface area contributed by atoms with Crippen molar-refractivity contribution in [3.05, 3.63) is 33.3 Å². The number of amides is 1. The molecule has 0 spiro atoms. The zero-order chi connectivity index (χ0) is 14.4. The smallest absolute Gasteiger partial charge is 0.294 e. The molecule has 104 valence electrons. The number of nitro benzene ring substituents is 1. The lowest BCUT2D eigenvalue weighted by molar-refractivity contribution is -0.383. The Morgan fingerprint density at radius 1 is 1.58 bits per heavy atom. The number of aliphatic hydroxyl groups excluding tert-OH is 1. The highest BCUT2D eigenvalue weighted by Gasteiger charge is 2.16. The van der Waals surface area contributed by atoms with Gasteiger partial charge in [0.2, 0.25) is 5.91 Å². The maximum absolute atomic E-state index is 11.7. The first-order chi connectivity index (χ1) is 8.93. The molecule has 7 nitrogen and oxygen atoms in total. The van der Waals surface area contributed by atoms with Crippen molar-refractivity contribution in [3.63, 3.8) is 0 Å². The number of nitrogens with zero attached hydrogens (tertiary/aromatic N) is 2. The molecule has 0 atom stereocenters. The summed E-state index contributed by atoms with van der Waals surface area (Å²) in [5, 5.41) is 22.2. The van der Waals surface area contributed by atoms with Gasteiger partial charge in [0.1, 0.15) is 5.69 Å². The fourth-order valence-electron chi connectivity index (χ4n) is 1.45. The first kappa shape index (κ1) is 15.4. The summed E-state index contributed by atoms with van der Waals surface area (Å²) in [4.78, 5) is 23.5. The highest BCUT2D eigenvalue weighted by atomic mass is 35.5. The maximum atomic E-state index is 11.7. The van der Waals surface area contributed by atoms with Gasteiger partial charge in [-0.15, -0.1) is 0 Å². The van der Waals surface area contributed by atoms with Gasteiger partial charge in [-0.3, -0.25) is 19.8 Å². The van der Waals surface area contributed by atoms with Crippen molar-refractivity contribution < 1.29 is 14.8 Å². The van der Waals surface area contributed by atoms with Gasteiger partial charge in [0.05, 0.1) is 18.1 Å². The van der Waals surface area contributed by atoms with Crippen LogP contribution in [0.15, 0.2) is 18.2 Å². The van der Waals surface area contributed by atoms with E-state index in [4.69, 9.17) is 16.7 Å². The van der Waals surface area contributed by atoms with Crippen molar-refractivity contribution in [2.45, 2.75) is 0 Å². The predicted molar refractivity (Wildman–Crippen MR) is 71.3 cm³/mol. The summed E-state index contributed by atoms with van der Waals surface area (Å²) < 4.78 is 0. The molecule has 0 fully saturated rings. The summed E-state index contributed by atoms with van der Waals surface area (Å²) in [7, 11) is 1.66. The molecule has 0 unspecified atom stereocenters. The number of carbonyl (C=O) groups excluding carboxylic acids is 1. The average Bonchev–Trinajstić information content (AvgIpc) is 2.31. The molecular weight excluding hydrogens is 274 g/mol. The van der Waals surface area contributed by atoms with Crippen LogP contribution in [0, 0.1) is 10.1 Å². The molecule has 0 radical (unpaired) electrons. The monoisotopic (exact) mass is 287 g/mol. The van der Waals surface area contributed by atoms with E-state index in [1.54, 1.807) is 11.9 Å². The molecule has 0 heterocycles. The van der Waals surface area contributed by atoms with Crippen LogP contribution in [-0.2, 0) is 4.79 Å². The molecule has 2 N–H and O–H groups in total. The van der Waals surface area contributed by atoms with Crippen LogP contribution < -0.4 is 5.32 Å². The van der Waals surface area contributed by atoms with Crippen LogP contribution in [0.1, 0.15) is 0 Å². The number of halogens is 1. The molecular formula is C11H14ClN3O4. The molecule has 0 aliphatic carbocycles. The molecule has 1 aromatic carbocycles. The van der Waals surface area contributed by atoms with Crippen LogP contribution in [0.3, 0.4) is 0 Å². The largest absolute Gasteiger partial charge is 0.395 e. The quantitative estimate of drug-likeness (QED) is 0.603. The lowest BCUT2D eigenvalue weighted by atomic mass is 10.2. The number of nitro groups is 1. The minimum Gasteiger partial charge on any atom is -0.395 e. The number of benzene rings is 1. The third kappa shape index (κ3) is 4.82. The van der Waals surface area contributed by atoms with Crippen LogP contribution in [-0.4, -0.2) is 47.6 Å². The topological polar surface area (TPSA) is 95.7 Å². The van der Waals surface area contributed by atoms with Gasteiger partial charge in [0, 0.05) is 17.6 Å². The number of likely N-dealkylation sites (N-methyl/N-ethyl adjacent to an activating group) is 1. The standard InChI is InChI=1S/C11H14ClN3O4/c1-14(4-5-16)7-11(17)13-9-3-2-8(12)6-10(9)15(18)19/h2-3,6,16H,4-5,7H2,1H3,(H,13,17). The fourth-order valence-corrected chi connectivity index (χ4v) is 1.61. The number of aliphatic hydroxyl groups is 1. The van der Waals surface area contributed by atoms with E-state index in [0.29, 0.717) is 6.54 Å². The van der Waals surface area contributed by atoms with Gasteiger partial charge in [-0.2, -0.15) is 0 Å². The summed E-state index contributed by atoms with van der Waals surface area (Å²) in [6.45, 7) is 0.307. The summed E-state index contributed by atoms with van der Waals surface area (Å²) in [5.74, 6) is -0.402. The molecule has 0 aliphatic rings. The number of carbonyl (C=O) groups is 1. The number of anilines is 1. The molecule has 0 saturated heterocycles. The van der Waals surface area contributed by atoms with E-state index in [-0.39, 0.29) is 29.5 Å². The summed E-state index contributed by atoms with van der Waals surface area (Å²) in [6, 6.07) is 4.01. The third-order valence-corrected chi connectivity index (χ3v) is 2.56. The van der Waals surface area contributed by atoms with E-state index >= 15 is 0 Å². The van der Waals surface area contributed by atoms with Gasteiger partial charge < -0.3 is 10.4 Å². The van der Waals surface area contributed by atoms with Gasteiger partial charge >= 0.3 is 0 Å². The van der Waals surface area contributed by atoms with Crippen LogP contribution in [0.25, 0.3) is 0 Å². The van der Waals surface area contributed by atoms with Gasteiger partial charge in [0.25, 0.3) is 5.69 Å². The minimum absolute atomic E-state index is 0.0281. The average molecular weight is 288 g/mol. The molecule has 0 saturated carbocycles. The Morgan fingerprint density at radius 2 is 2.26 bits per heavy atom. The maximum Gasteiger partial charge on any atom is 0.294 e. The normalized spacial score (nSPS) is 10.5. The van der Waals surface area contributed by atoms with Gasteiger partial charge in [0.15, 0.2) is 0 Å². The van der Waals surface area contributed by atoms with Crippen molar-refractivity contribution in [2.24, 2.45) is 0 Å². The van der Waals surface area contributed by atoms with Crippen molar-refractivity contribution in [1.29, 1.82) is 0 Å². The number of hydrogen-bond donors (Lipinski definition) is 2. The number of hydrogen-bond acceptors (Lipinski definition) is 5. The van der Waals surface area contributed by atoms with Crippen molar-refractivity contribution in [2.75, 3.05) is 32.1 Å². The van der Waals surface area contributed by atoms with E-state index < -0.39 is 10.8 Å². The van der Waals surface area contributed by atoms with Crippen LogP contribution in [0.4, 0.5) is 11.4 Å². The van der Waals surface area contributed by atoms with E-state index in [9.17, 15) is 14.9 Å². The molecule has 8 heteroatoms. The Hall–Kier alpha value is -1.70. The third-order valence-electron chi connectivity index (χ3n) is 2.33. The van der Waals surface area contributed by atoms with Crippen molar-refractivity contribution in [3.8, 4) is 0 Å². The highest BCUT2D eigenvalue weighted by Crippen LogP contribution is 2.27. The first-order valence-corrected chi connectivity index (χ1v) is 5.85. The minimum atomic E-state index is -0.612. The Kier molecular flexibility index (Phi) is 5.68. The number of rotatable bonds is 6. The van der Waals surface area contributed by atoms with Gasteiger partial charge in [-0.05, 0) is 19.2 Å². The molecule has 0 bridgehead atoms. The predicted octanol–water partition coefficient (Wildman–Crippen LogP) is 1.11. The van der Waals surface area contributed by atoms with E-state index in [0.717, 1.165) is 0 Å². The zero-order valence-corrected chi connectivity index (χ0v) is 11.1. The molecule has 0 aliphatic heterocycles. The van der Waals surface area contributed by atoms with Gasteiger partial charge in [-0.25, -0.2) is 0 Å². The Labute approximate surface area is 114 Å². The first-order valence-electron chi connectivity index (χ1n) is 5.47. The van der Waals surface area contributed by atoms with Crippen LogP contribution in [0.5, 0.6) is 0 Å². The number of nitrogens with one attached hydrogen (secondary N) is 1. The summed E-state index contributed by atoms with van der Waals surface area (Å²) in [6.07, 6.45) is 0. The van der Waals surface area contributed by atoms with Crippen molar-refractivity contribution in [1.82, 2.24) is 4.90 Å². The second-order valence-corrected chi connectivity index (χ2v) is 4.36. The molecule has 19 heavy (non-hydrogen) atoms. The Bertz CT molecular complexity index is 481. The van der Waals surface area contributed by atoms with E-state index in [1.807, 2.05) is 0 Å². The Morgan fingerprint density at radius 3 is 2.84 bits per heavy atom. The van der Waals surface area contributed by atoms with Crippen molar-refractivity contribution >= 4 is 28.9 Å². The summed E-state index contributed by atoms with van der Waals surface area (Å²) in [5.41, 5.74) is -0.164. The molecule has 1 aromatic rings. The second kappa shape index (κ2) is 7.03. The van der Waals surface area contributed by atoms with Gasteiger partial charge in [-0.1, -0.05) is 11.6 Å². The summed E-state index contributed by atoms with van der Waals surface area (Å²) >= 11 is 5.67. The van der Waals surface area contributed by atoms with E-state index in [2.05, 4.69) is 5.32 Å². The Balaban J connectivity index is 2.76. The molecule has 1 rings (SSSR count). The van der Waals surface area contributed by atoms with E-state index in [1.165, 1.54) is 18.2 Å². The SMILES string of the molecule is CN(CCO)CC(=O)Nc1ccc(Cl)cc1[N+](=O)[O-]. The second-order valence-electron chi connectivity index (χ2n) is 3.93. The lowest BCUT2D eigenvalue weighted by Crippen LogP contribution is -2.32.